The zero-order valence-corrected chi connectivity index (χ0v) is 11.0. The van der Waals surface area contributed by atoms with Crippen molar-refractivity contribution in [3.63, 3.8) is 0 Å². The second-order valence-electron chi connectivity index (χ2n) is 3.77. The number of Topliss-reactive ketones (excluding diaryl/α,β-unsaturated/α-hetero) is 1. The molecule has 0 atom stereocenters. The number of hydrogen-bond acceptors (Lipinski definition) is 4. The van der Waals surface area contributed by atoms with Crippen LogP contribution >= 0.6 is 11.8 Å². The molecule has 3 nitrogen and oxygen atoms in total. The van der Waals surface area contributed by atoms with E-state index in [1.54, 1.807) is 24.0 Å². The molecular formula is C14H14N2OS. The average molecular weight is 258 g/mol. The van der Waals surface area contributed by atoms with E-state index in [1.165, 1.54) is 4.90 Å². The quantitative estimate of drug-likeness (QED) is 0.610. The molecule has 1 heterocycles. The van der Waals surface area contributed by atoms with Crippen molar-refractivity contribution in [3.05, 3.63) is 53.9 Å². The summed E-state index contributed by atoms with van der Waals surface area (Å²) in [5.41, 5.74) is 1.43. The molecule has 0 amide bonds. The number of benzene rings is 1. The van der Waals surface area contributed by atoms with Gasteiger partial charge < -0.3 is 0 Å². The van der Waals surface area contributed by atoms with Gasteiger partial charge in [0.05, 0.1) is 12.1 Å². The lowest BCUT2D eigenvalue weighted by Gasteiger charge is -2.02. The summed E-state index contributed by atoms with van der Waals surface area (Å²) in [6.07, 6.45) is 1.90. The van der Waals surface area contributed by atoms with Crippen LogP contribution in [0.4, 0.5) is 0 Å². The first-order valence-corrected chi connectivity index (χ1v) is 6.81. The molecule has 0 aliphatic heterocycles. The van der Waals surface area contributed by atoms with Crippen LogP contribution in [0.15, 0.2) is 47.5 Å². The van der Waals surface area contributed by atoms with E-state index in [1.807, 2.05) is 30.3 Å². The molecule has 4 heteroatoms. The first kappa shape index (κ1) is 12.8. The fourth-order valence-electron chi connectivity index (χ4n) is 1.60. The minimum atomic E-state index is 0.0727. The smallest absolute Gasteiger partial charge is 0.168 e. The van der Waals surface area contributed by atoms with Gasteiger partial charge in [-0.05, 0) is 30.0 Å². The molecule has 1 aromatic carbocycles. The van der Waals surface area contributed by atoms with Gasteiger partial charge in [-0.25, -0.2) is 0 Å². The molecule has 0 radical (unpaired) electrons. The third-order valence-corrected chi connectivity index (χ3v) is 3.35. The maximum atomic E-state index is 12.0. The third kappa shape index (κ3) is 3.40. The molecule has 92 valence electrons. The van der Waals surface area contributed by atoms with Crippen molar-refractivity contribution in [2.24, 2.45) is 0 Å². The summed E-state index contributed by atoms with van der Waals surface area (Å²) >= 11 is 1.77. The van der Waals surface area contributed by atoms with E-state index in [9.17, 15) is 4.79 Å². The summed E-state index contributed by atoms with van der Waals surface area (Å²) < 4.78 is 0. The number of ketones is 1. The van der Waals surface area contributed by atoms with E-state index in [-0.39, 0.29) is 5.78 Å². The van der Waals surface area contributed by atoms with Crippen molar-refractivity contribution >= 4 is 17.5 Å². The number of carbonyl (C=O) groups is 1. The molecule has 0 N–H and O–H groups in total. The Labute approximate surface area is 111 Å². The first-order chi connectivity index (χ1) is 8.79. The fourth-order valence-corrected chi connectivity index (χ4v) is 2.26. The lowest BCUT2D eigenvalue weighted by Crippen LogP contribution is -2.05. The Morgan fingerprint density at radius 1 is 1.22 bits per heavy atom. The number of aromatic nitrogens is 2. The summed E-state index contributed by atoms with van der Waals surface area (Å²) in [7, 11) is 0. The van der Waals surface area contributed by atoms with Crippen LogP contribution in [0.3, 0.4) is 0 Å². The van der Waals surface area contributed by atoms with Crippen LogP contribution in [-0.4, -0.2) is 21.7 Å². The van der Waals surface area contributed by atoms with Crippen LogP contribution in [0, 0.1) is 0 Å². The molecule has 0 fully saturated rings. The van der Waals surface area contributed by atoms with Gasteiger partial charge in [0.25, 0.3) is 0 Å². The Balaban J connectivity index is 2.05. The summed E-state index contributed by atoms with van der Waals surface area (Å²) in [5.74, 6) is 1.11. The molecule has 18 heavy (non-hydrogen) atoms. The van der Waals surface area contributed by atoms with Crippen LogP contribution in [0.5, 0.6) is 0 Å². The predicted octanol–water partition coefficient (Wildman–Crippen LogP) is 3.01. The number of thioether (sulfide) groups is 1. The summed E-state index contributed by atoms with van der Waals surface area (Å²) in [4.78, 5) is 13.2. The molecule has 0 saturated carbocycles. The van der Waals surface area contributed by atoms with Crippen LogP contribution in [0.2, 0.25) is 0 Å². The normalized spacial score (nSPS) is 10.3. The summed E-state index contributed by atoms with van der Waals surface area (Å²) in [6, 6.07) is 11.3. The highest BCUT2D eigenvalue weighted by atomic mass is 32.2. The molecule has 2 aromatic rings. The van der Waals surface area contributed by atoms with E-state index in [4.69, 9.17) is 0 Å². The minimum Gasteiger partial charge on any atom is -0.294 e. The SMILES string of the molecule is CCSc1ccc(C(=O)Cc2cccnn2)cc1. The van der Waals surface area contributed by atoms with Crippen molar-refractivity contribution in [2.75, 3.05) is 5.75 Å². The maximum Gasteiger partial charge on any atom is 0.168 e. The molecule has 0 bridgehead atoms. The van der Waals surface area contributed by atoms with Gasteiger partial charge in [0.15, 0.2) is 5.78 Å². The van der Waals surface area contributed by atoms with Gasteiger partial charge in [0, 0.05) is 16.7 Å². The van der Waals surface area contributed by atoms with Gasteiger partial charge in [-0.3, -0.25) is 4.79 Å². The highest BCUT2D eigenvalue weighted by Crippen LogP contribution is 2.18. The fraction of sp³-hybridized carbons (Fsp3) is 0.214. The third-order valence-electron chi connectivity index (χ3n) is 2.46. The average Bonchev–Trinajstić information content (AvgIpc) is 2.41. The Hall–Kier alpha value is -1.68. The van der Waals surface area contributed by atoms with Crippen molar-refractivity contribution in [3.8, 4) is 0 Å². The van der Waals surface area contributed by atoms with Crippen LogP contribution < -0.4 is 0 Å². The zero-order valence-electron chi connectivity index (χ0n) is 10.2. The molecule has 0 unspecified atom stereocenters. The first-order valence-electron chi connectivity index (χ1n) is 5.82. The number of carbonyl (C=O) groups excluding carboxylic acids is 1. The van der Waals surface area contributed by atoms with E-state index in [0.717, 1.165) is 11.3 Å². The van der Waals surface area contributed by atoms with Gasteiger partial charge in [-0.15, -0.1) is 11.8 Å². The van der Waals surface area contributed by atoms with Crippen LogP contribution in [0.25, 0.3) is 0 Å². The molecular weight excluding hydrogens is 244 g/mol. The highest BCUT2D eigenvalue weighted by molar-refractivity contribution is 7.99. The molecule has 2 rings (SSSR count). The lowest BCUT2D eigenvalue weighted by atomic mass is 10.1. The van der Waals surface area contributed by atoms with E-state index in [2.05, 4.69) is 17.1 Å². The van der Waals surface area contributed by atoms with Crippen molar-refractivity contribution in [1.29, 1.82) is 0 Å². The summed E-state index contributed by atoms with van der Waals surface area (Å²) in [5, 5.41) is 7.68. The Morgan fingerprint density at radius 2 is 2.00 bits per heavy atom. The topological polar surface area (TPSA) is 42.9 Å². The monoisotopic (exact) mass is 258 g/mol. The highest BCUT2D eigenvalue weighted by Gasteiger charge is 2.07. The largest absolute Gasteiger partial charge is 0.294 e. The van der Waals surface area contributed by atoms with Crippen molar-refractivity contribution in [1.82, 2.24) is 10.2 Å². The van der Waals surface area contributed by atoms with Gasteiger partial charge in [0.1, 0.15) is 0 Å². The van der Waals surface area contributed by atoms with Gasteiger partial charge >= 0.3 is 0 Å². The van der Waals surface area contributed by atoms with E-state index >= 15 is 0 Å². The summed E-state index contributed by atoms with van der Waals surface area (Å²) in [6.45, 7) is 2.11. The van der Waals surface area contributed by atoms with Crippen LogP contribution in [0.1, 0.15) is 23.0 Å². The number of rotatable bonds is 5. The number of hydrogen-bond donors (Lipinski definition) is 0. The van der Waals surface area contributed by atoms with Gasteiger partial charge in [0.2, 0.25) is 0 Å². The minimum absolute atomic E-state index is 0.0727. The molecule has 0 aliphatic carbocycles. The van der Waals surface area contributed by atoms with E-state index < -0.39 is 0 Å². The lowest BCUT2D eigenvalue weighted by molar-refractivity contribution is 0.0991. The molecule has 0 spiro atoms. The maximum absolute atomic E-state index is 12.0. The Kier molecular flexibility index (Phi) is 4.47. The second kappa shape index (κ2) is 6.31. The second-order valence-corrected chi connectivity index (χ2v) is 5.11. The molecule has 0 saturated heterocycles. The van der Waals surface area contributed by atoms with E-state index in [0.29, 0.717) is 12.1 Å². The predicted molar refractivity (Wildman–Crippen MR) is 72.9 cm³/mol. The van der Waals surface area contributed by atoms with Crippen molar-refractivity contribution in [2.45, 2.75) is 18.2 Å². The van der Waals surface area contributed by atoms with Crippen molar-refractivity contribution < 1.29 is 4.79 Å². The Bertz CT molecular complexity index is 511. The molecule has 1 aromatic heterocycles. The van der Waals surface area contributed by atoms with Crippen LogP contribution in [-0.2, 0) is 6.42 Å². The van der Waals surface area contributed by atoms with Gasteiger partial charge in [-0.1, -0.05) is 19.1 Å². The number of nitrogens with zero attached hydrogens (tertiary/aromatic N) is 2. The van der Waals surface area contributed by atoms with Gasteiger partial charge in [-0.2, -0.15) is 10.2 Å². The Morgan fingerprint density at radius 3 is 2.61 bits per heavy atom. The zero-order chi connectivity index (χ0) is 12.8. The standard InChI is InChI=1S/C14H14N2OS/c1-2-18-13-7-5-11(6-8-13)14(17)10-12-4-3-9-15-16-12/h3-9H,2,10H2,1H3. The molecule has 0 aliphatic rings.